The molecule has 2 atom stereocenters. The Morgan fingerprint density at radius 1 is 1.53 bits per heavy atom. The van der Waals surface area contributed by atoms with Crippen LogP contribution in [0, 0.1) is 0 Å². The molecule has 15 heavy (non-hydrogen) atoms. The summed E-state index contributed by atoms with van der Waals surface area (Å²) in [6, 6.07) is 0. The van der Waals surface area contributed by atoms with Crippen molar-refractivity contribution in [2.75, 3.05) is 12.4 Å². The molecule has 2 aliphatic rings. The molecule has 2 heterocycles. The molecule has 0 spiro atoms. The quantitative estimate of drug-likeness (QED) is 0.740. The first-order valence-electron chi connectivity index (χ1n) is 5.99. The lowest BCUT2D eigenvalue weighted by Gasteiger charge is -2.21. The van der Waals surface area contributed by atoms with E-state index < -0.39 is 0 Å². The number of ether oxygens (including phenoxy) is 1. The molecule has 0 aromatic heterocycles. The van der Waals surface area contributed by atoms with E-state index in [9.17, 15) is 4.79 Å². The molecule has 0 aromatic carbocycles. The third-order valence-electron chi connectivity index (χ3n) is 3.53. The van der Waals surface area contributed by atoms with Gasteiger partial charge in [-0.15, -0.1) is 11.8 Å². The summed E-state index contributed by atoms with van der Waals surface area (Å²) < 4.78 is 5.47. The average Bonchev–Trinajstić information content (AvgIpc) is 2.85. The fourth-order valence-electron chi connectivity index (χ4n) is 2.43. The molecule has 0 bridgehead atoms. The van der Waals surface area contributed by atoms with Crippen molar-refractivity contribution < 1.29 is 9.53 Å². The summed E-state index contributed by atoms with van der Waals surface area (Å²) in [6.45, 7) is 3.01. The molecule has 2 saturated heterocycles. The van der Waals surface area contributed by atoms with Crippen LogP contribution in [0.15, 0.2) is 0 Å². The monoisotopic (exact) mass is 228 g/mol. The van der Waals surface area contributed by atoms with Crippen LogP contribution in [0.5, 0.6) is 0 Å². The van der Waals surface area contributed by atoms with Gasteiger partial charge in [-0.25, -0.2) is 0 Å². The van der Waals surface area contributed by atoms with E-state index in [4.69, 9.17) is 4.74 Å². The van der Waals surface area contributed by atoms with Gasteiger partial charge < -0.3 is 4.74 Å². The largest absolute Gasteiger partial charge is 0.378 e. The Morgan fingerprint density at radius 3 is 3.00 bits per heavy atom. The van der Waals surface area contributed by atoms with Gasteiger partial charge in [0, 0.05) is 13.0 Å². The lowest BCUT2D eigenvalue weighted by atomic mass is 9.95. The Balaban J connectivity index is 1.76. The van der Waals surface area contributed by atoms with Gasteiger partial charge in [-0.05, 0) is 44.8 Å². The van der Waals surface area contributed by atoms with Gasteiger partial charge in [0.05, 0.1) is 10.9 Å². The van der Waals surface area contributed by atoms with E-state index in [1.807, 2.05) is 11.8 Å². The van der Waals surface area contributed by atoms with Gasteiger partial charge in [0.2, 0.25) is 0 Å². The normalized spacial score (nSPS) is 35.9. The summed E-state index contributed by atoms with van der Waals surface area (Å²) in [4.78, 5) is 12.0. The number of ketones is 1. The van der Waals surface area contributed by atoms with Crippen LogP contribution < -0.4 is 0 Å². The highest BCUT2D eigenvalue weighted by atomic mass is 32.2. The third kappa shape index (κ3) is 2.76. The second-order valence-corrected chi connectivity index (χ2v) is 6.38. The minimum atomic E-state index is -0.0708. The topological polar surface area (TPSA) is 26.3 Å². The van der Waals surface area contributed by atoms with Crippen molar-refractivity contribution >= 4 is 17.5 Å². The number of thioether (sulfide) groups is 1. The van der Waals surface area contributed by atoms with Crippen molar-refractivity contribution in [1.29, 1.82) is 0 Å². The molecule has 0 saturated carbocycles. The van der Waals surface area contributed by atoms with Crippen molar-refractivity contribution in [2.24, 2.45) is 0 Å². The molecule has 2 fully saturated rings. The Bertz CT molecular complexity index is 228. The van der Waals surface area contributed by atoms with Gasteiger partial charge in [0.1, 0.15) is 5.78 Å². The van der Waals surface area contributed by atoms with E-state index in [0.29, 0.717) is 18.3 Å². The number of hydrogen-bond acceptors (Lipinski definition) is 3. The molecule has 2 rings (SSSR count). The first-order chi connectivity index (χ1) is 7.21. The molecule has 0 N–H and O–H groups in total. The minimum absolute atomic E-state index is 0.0708. The van der Waals surface area contributed by atoms with Crippen LogP contribution in [0.1, 0.15) is 45.4 Å². The molecule has 86 valence electrons. The van der Waals surface area contributed by atoms with Crippen LogP contribution in [0.25, 0.3) is 0 Å². The zero-order valence-electron chi connectivity index (χ0n) is 9.46. The number of carbonyl (C=O) groups is 1. The van der Waals surface area contributed by atoms with E-state index in [-0.39, 0.29) is 4.75 Å². The summed E-state index contributed by atoms with van der Waals surface area (Å²) in [5.74, 6) is 1.60. The van der Waals surface area contributed by atoms with Crippen molar-refractivity contribution in [3.63, 3.8) is 0 Å². The Morgan fingerprint density at radius 2 is 2.40 bits per heavy atom. The predicted molar refractivity (Wildman–Crippen MR) is 63.3 cm³/mol. The lowest BCUT2D eigenvalue weighted by Crippen LogP contribution is -2.29. The molecule has 2 unspecified atom stereocenters. The van der Waals surface area contributed by atoms with Crippen molar-refractivity contribution in [3.05, 3.63) is 0 Å². The number of Topliss-reactive ketones (excluding diaryl/α,β-unsaturated/α-hetero) is 1. The lowest BCUT2D eigenvalue weighted by molar-refractivity contribution is -0.121. The number of hydrogen-bond donors (Lipinski definition) is 0. The van der Waals surface area contributed by atoms with Gasteiger partial charge in [0.25, 0.3) is 0 Å². The second-order valence-electron chi connectivity index (χ2n) is 4.78. The van der Waals surface area contributed by atoms with E-state index >= 15 is 0 Å². The maximum absolute atomic E-state index is 12.0. The van der Waals surface area contributed by atoms with Crippen LogP contribution >= 0.6 is 11.8 Å². The maximum Gasteiger partial charge on any atom is 0.148 e. The second kappa shape index (κ2) is 4.88. The average molecular weight is 228 g/mol. The standard InChI is InChI=1S/C12H20O2S/c1-12(7-3-9-15-12)11(13)6-5-10-4-2-8-14-10/h10H,2-9H2,1H3. The van der Waals surface area contributed by atoms with Crippen molar-refractivity contribution in [1.82, 2.24) is 0 Å². The molecule has 0 aliphatic carbocycles. The van der Waals surface area contributed by atoms with Gasteiger partial charge in [0.15, 0.2) is 0 Å². The third-order valence-corrected chi connectivity index (χ3v) is 5.09. The van der Waals surface area contributed by atoms with Gasteiger partial charge in [-0.1, -0.05) is 0 Å². The molecule has 3 heteroatoms. The fraction of sp³-hybridized carbons (Fsp3) is 0.917. The Hall–Kier alpha value is -0.0200. The van der Waals surface area contributed by atoms with E-state index in [1.165, 1.54) is 12.8 Å². The van der Waals surface area contributed by atoms with E-state index in [0.717, 1.165) is 31.6 Å². The highest BCUT2D eigenvalue weighted by molar-refractivity contribution is 8.01. The molecular weight excluding hydrogens is 208 g/mol. The Kier molecular flexibility index (Phi) is 3.73. The molecule has 2 nitrogen and oxygen atoms in total. The van der Waals surface area contributed by atoms with Gasteiger partial charge >= 0.3 is 0 Å². The Labute approximate surface area is 96.1 Å². The van der Waals surface area contributed by atoms with E-state index in [2.05, 4.69) is 6.92 Å². The van der Waals surface area contributed by atoms with Crippen LogP contribution in [-0.2, 0) is 9.53 Å². The molecular formula is C12H20O2S. The van der Waals surface area contributed by atoms with Crippen LogP contribution in [0.3, 0.4) is 0 Å². The van der Waals surface area contributed by atoms with E-state index in [1.54, 1.807) is 0 Å². The van der Waals surface area contributed by atoms with Gasteiger partial charge in [-0.3, -0.25) is 4.79 Å². The molecule has 0 radical (unpaired) electrons. The summed E-state index contributed by atoms with van der Waals surface area (Å²) >= 11 is 1.84. The van der Waals surface area contributed by atoms with Crippen LogP contribution in [0.4, 0.5) is 0 Å². The van der Waals surface area contributed by atoms with Crippen molar-refractivity contribution in [3.8, 4) is 0 Å². The number of rotatable bonds is 4. The predicted octanol–water partition coefficient (Wildman–Crippen LogP) is 2.80. The summed E-state index contributed by atoms with van der Waals surface area (Å²) in [5.41, 5.74) is 0. The fourth-order valence-corrected chi connectivity index (χ4v) is 3.72. The smallest absolute Gasteiger partial charge is 0.148 e. The molecule has 0 aromatic rings. The maximum atomic E-state index is 12.0. The summed E-state index contributed by atoms with van der Waals surface area (Å²) in [6.07, 6.45) is 6.61. The zero-order chi connectivity index (χ0) is 10.7. The zero-order valence-corrected chi connectivity index (χ0v) is 10.3. The first-order valence-corrected chi connectivity index (χ1v) is 6.98. The highest BCUT2D eigenvalue weighted by Crippen LogP contribution is 2.39. The van der Waals surface area contributed by atoms with Crippen LogP contribution in [0.2, 0.25) is 0 Å². The number of carbonyl (C=O) groups excluding carboxylic acids is 1. The summed E-state index contributed by atoms with van der Waals surface area (Å²) in [5, 5.41) is 0. The van der Waals surface area contributed by atoms with Gasteiger partial charge in [-0.2, -0.15) is 0 Å². The highest BCUT2D eigenvalue weighted by Gasteiger charge is 2.36. The molecule has 2 aliphatic heterocycles. The summed E-state index contributed by atoms with van der Waals surface area (Å²) in [7, 11) is 0. The first kappa shape index (κ1) is 11.5. The van der Waals surface area contributed by atoms with Crippen molar-refractivity contribution in [2.45, 2.75) is 56.3 Å². The molecule has 0 amide bonds. The minimum Gasteiger partial charge on any atom is -0.378 e. The van der Waals surface area contributed by atoms with Crippen LogP contribution in [-0.4, -0.2) is 29.0 Å². The SMILES string of the molecule is CC1(C(=O)CCC2CCCO2)CCCS1.